The fourth-order valence-electron chi connectivity index (χ4n) is 1.90. The first-order valence-electron chi connectivity index (χ1n) is 6.32. The molecule has 22 heavy (non-hydrogen) atoms. The number of hydrogen-bond acceptors (Lipinski definition) is 4. The van der Waals surface area contributed by atoms with Crippen LogP contribution in [-0.2, 0) is 0 Å². The van der Waals surface area contributed by atoms with Gasteiger partial charge in [-0.3, -0.25) is 4.79 Å². The van der Waals surface area contributed by atoms with E-state index in [0.717, 1.165) is 10.0 Å². The van der Waals surface area contributed by atoms with Gasteiger partial charge in [-0.1, -0.05) is 12.1 Å². The first-order chi connectivity index (χ1) is 10.6. The van der Waals surface area contributed by atoms with Gasteiger partial charge in [-0.05, 0) is 56.1 Å². The number of carbonyl (C=O) groups is 1. The average Bonchev–Trinajstić information content (AvgIpc) is 2.94. The highest BCUT2D eigenvalue weighted by Gasteiger charge is 2.15. The van der Waals surface area contributed by atoms with Crippen LogP contribution in [0.5, 0.6) is 11.5 Å². The Bertz CT molecular complexity index is 762. The molecular formula is C15H10Br2N2O3. The van der Waals surface area contributed by atoms with E-state index in [9.17, 15) is 4.79 Å². The molecule has 0 aliphatic carbocycles. The molecule has 0 aromatic heterocycles. The van der Waals surface area contributed by atoms with Crippen molar-refractivity contribution >= 4 is 44.0 Å². The first kappa shape index (κ1) is 15.1. The second-order valence-electron chi connectivity index (χ2n) is 4.41. The summed E-state index contributed by atoms with van der Waals surface area (Å²) in [6.45, 7) is 0.209. The Kier molecular flexibility index (Phi) is 4.44. The van der Waals surface area contributed by atoms with Gasteiger partial charge in [-0.15, -0.1) is 0 Å². The highest BCUT2D eigenvalue weighted by molar-refractivity contribution is 9.10. The van der Waals surface area contributed by atoms with E-state index in [4.69, 9.17) is 9.47 Å². The molecule has 112 valence electrons. The lowest BCUT2D eigenvalue weighted by atomic mass is 10.2. The molecule has 1 aliphatic rings. The van der Waals surface area contributed by atoms with Crippen molar-refractivity contribution in [3.63, 3.8) is 0 Å². The van der Waals surface area contributed by atoms with E-state index in [-0.39, 0.29) is 12.7 Å². The van der Waals surface area contributed by atoms with E-state index in [1.807, 2.05) is 6.07 Å². The normalized spacial score (nSPS) is 12.6. The lowest BCUT2D eigenvalue weighted by Crippen LogP contribution is -2.18. The molecular weight excluding hydrogens is 416 g/mol. The second kappa shape index (κ2) is 6.50. The maximum atomic E-state index is 12.0. The Morgan fingerprint density at radius 3 is 2.64 bits per heavy atom. The number of halogens is 2. The molecule has 1 amide bonds. The molecule has 0 bridgehead atoms. The molecule has 0 saturated heterocycles. The van der Waals surface area contributed by atoms with Crippen molar-refractivity contribution < 1.29 is 14.3 Å². The summed E-state index contributed by atoms with van der Waals surface area (Å²) in [6, 6.07) is 10.7. The summed E-state index contributed by atoms with van der Waals surface area (Å²) in [4.78, 5) is 12.0. The maximum Gasteiger partial charge on any atom is 0.272 e. The summed E-state index contributed by atoms with van der Waals surface area (Å²) in [5, 5.41) is 3.97. The van der Waals surface area contributed by atoms with Gasteiger partial charge in [-0.2, -0.15) is 5.10 Å². The number of ether oxygens (including phenoxy) is 2. The van der Waals surface area contributed by atoms with Crippen LogP contribution in [0.1, 0.15) is 15.9 Å². The number of nitrogens with zero attached hydrogens (tertiary/aromatic N) is 1. The van der Waals surface area contributed by atoms with Crippen molar-refractivity contribution in [2.45, 2.75) is 0 Å². The Morgan fingerprint density at radius 1 is 1.14 bits per heavy atom. The van der Waals surface area contributed by atoms with Crippen molar-refractivity contribution in [1.29, 1.82) is 0 Å². The van der Waals surface area contributed by atoms with Crippen LogP contribution >= 0.6 is 31.9 Å². The van der Waals surface area contributed by atoms with E-state index >= 15 is 0 Å². The lowest BCUT2D eigenvalue weighted by Gasteiger charge is -2.03. The molecule has 1 heterocycles. The number of benzene rings is 2. The predicted octanol–water partition coefficient (Wildman–Crippen LogP) is 3.70. The smallest absolute Gasteiger partial charge is 0.272 e. The van der Waals surface area contributed by atoms with E-state index in [2.05, 4.69) is 42.4 Å². The summed E-state index contributed by atoms with van der Waals surface area (Å²) >= 11 is 6.76. The van der Waals surface area contributed by atoms with Crippen LogP contribution < -0.4 is 14.9 Å². The zero-order valence-electron chi connectivity index (χ0n) is 11.2. The predicted molar refractivity (Wildman–Crippen MR) is 89.5 cm³/mol. The Labute approximate surface area is 143 Å². The monoisotopic (exact) mass is 424 g/mol. The van der Waals surface area contributed by atoms with E-state index in [1.165, 1.54) is 0 Å². The molecule has 1 aliphatic heterocycles. The quantitative estimate of drug-likeness (QED) is 0.602. The molecule has 3 rings (SSSR count). The molecule has 0 unspecified atom stereocenters. The SMILES string of the molecule is O=C(N/N=C/c1cc2c(cc1Br)OCO2)c1ccccc1Br. The van der Waals surface area contributed by atoms with Crippen molar-refractivity contribution in [3.8, 4) is 11.5 Å². The molecule has 0 spiro atoms. The Balaban J connectivity index is 1.73. The van der Waals surface area contributed by atoms with Gasteiger partial charge in [0.05, 0.1) is 11.8 Å². The van der Waals surface area contributed by atoms with Crippen molar-refractivity contribution in [3.05, 3.63) is 56.5 Å². The molecule has 2 aromatic rings. The van der Waals surface area contributed by atoms with Gasteiger partial charge < -0.3 is 9.47 Å². The van der Waals surface area contributed by atoms with Crippen LogP contribution in [0.3, 0.4) is 0 Å². The van der Waals surface area contributed by atoms with Crippen molar-refractivity contribution in [2.24, 2.45) is 5.10 Å². The first-order valence-corrected chi connectivity index (χ1v) is 7.91. The topological polar surface area (TPSA) is 59.9 Å². The summed E-state index contributed by atoms with van der Waals surface area (Å²) in [7, 11) is 0. The van der Waals surface area contributed by atoms with Crippen LogP contribution in [0, 0.1) is 0 Å². The van der Waals surface area contributed by atoms with Gasteiger partial charge in [0.1, 0.15) is 0 Å². The van der Waals surface area contributed by atoms with Gasteiger partial charge in [0.2, 0.25) is 6.79 Å². The fraction of sp³-hybridized carbons (Fsp3) is 0.0667. The fourth-order valence-corrected chi connectivity index (χ4v) is 2.79. The lowest BCUT2D eigenvalue weighted by molar-refractivity contribution is 0.0954. The number of carbonyl (C=O) groups excluding carboxylic acids is 1. The standard InChI is InChI=1S/C15H10Br2N2O3/c16-11-4-2-1-3-10(11)15(20)19-18-7-9-5-13-14(6-12(9)17)22-8-21-13/h1-7H,8H2,(H,19,20)/b18-7+. The molecule has 1 N–H and O–H groups in total. The molecule has 5 nitrogen and oxygen atoms in total. The minimum absolute atomic E-state index is 0.209. The summed E-state index contributed by atoms with van der Waals surface area (Å²) in [5.74, 6) is 1.05. The van der Waals surface area contributed by atoms with Gasteiger partial charge in [0, 0.05) is 14.5 Å². The third-order valence-corrected chi connectivity index (χ3v) is 4.36. The number of rotatable bonds is 3. The summed E-state index contributed by atoms with van der Waals surface area (Å²) in [6.07, 6.45) is 1.54. The van der Waals surface area contributed by atoms with Crippen LogP contribution in [0.4, 0.5) is 0 Å². The molecule has 7 heteroatoms. The minimum Gasteiger partial charge on any atom is -0.454 e. The number of hydrazone groups is 1. The van der Waals surface area contributed by atoms with E-state index in [1.54, 1.807) is 36.5 Å². The Hall–Kier alpha value is -1.86. The van der Waals surface area contributed by atoms with Gasteiger partial charge in [0.15, 0.2) is 11.5 Å². The number of amides is 1. The third kappa shape index (κ3) is 3.15. The van der Waals surface area contributed by atoms with Crippen molar-refractivity contribution in [1.82, 2.24) is 5.43 Å². The van der Waals surface area contributed by atoms with Crippen molar-refractivity contribution in [2.75, 3.05) is 6.79 Å². The average molecular weight is 426 g/mol. The highest BCUT2D eigenvalue weighted by Crippen LogP contribution is 2.36. The maximum absolute atomic E-state index is 12.0. The van der Waals surface area contributed by atoms with E-state index < -0.39 is 0 Å². The summed E-state index contributed by atoms with van der Waals surface area (Å²) < 4.78 is 12.1. The second-order valence-corrected chi connectivity index (χ2v) is 6.11. The zero-order valence-corrected chi connectivity index (χ0v) is 14.3. The van der Waals surface area contributed by atoms with Gasteiger partial charge in [0.25, 0.3) is 5.91 Å². The molecule has 0 atom stereocenters. The van der Waals surface area contributed by atoms with Crippen LogP contribution in [0.2, 0.25) is 0 Å². The molecule has 2 aromatic carbocycles. The van der Waals surface area contributed by atoms with Gasteiger partial charge >= 0.3 is 0 Å². The number of nitrogens with one attached hydrogen (secondary N) is 1. The molecule has 0 saturated carbocycles. The van der Waals surface area contributed by atoms with Crippen LogP contribution in [0.25, 0.3) is 0 Å². The van der Waals surface area contributed by atoms with Gasteiger partial charge in [-0.25, -0.2) is 5.43 Å². The van der Waals surface area contributed by atoms with Crippen LogP contribution in [-0.4, -0.2) is 18.9 Å². The number of hydrogen-bond donors (Lipinski definition) is 1. The largest absolute Gasteiger partial charge is 0.454 e. The zero-order chi connectivity index (χ0) is 15.5. The highest BCUT2D eigenvalue weighted by atomic mass is 79.9. The number of fused-ring (bicyclic) bond motifs is 1. The third-order valence-electron chi connectivity index (χ3n) is 2.98. The molecule has 0 fully saturated rings. The Morgan fingerprint density at radius 2 is 1.86 bits per heavy atom. The summed E-state index contributed by atoms with van der Waals surface area (Å²) in [5.41, 5.74) is 3.78. The molecule has 0 radical (unpaired) electrons. The van der Waals surface area contributed by atoms with E-state index in [0.29, 0.717) is 21.5 Å². The minimum atomic E-state index is -0.291. The van der Waals surface area contributed by atoms with Crippen LogP contribution in [0.15, 0.2) is 50.4 Å².